The Hall–Kier alpha value is -0.750. The average molecular weight is 279 g/mol. The van der Waals surface area contributed by atoms with E-state index in [4.69, 9.17) is 0 Å². The number of carbonyl (C=O) groups excluding carboxylic acids is 1. The molecule has 1 aliphatic rings. The summed E-state index contributed by atoms with van der Waals surface area (Å²) in [5.74, 6) is -5.46. The minimum atomic E-state index is -3.81. The van der Waals surface area contributed by atoms with Crippen molar-refractivity contribution in [2.75, 3.05) is 6.54 Å². The van der Waals surface area contributed by atoms with E-state index in [-0.39, 0.29) is 25.3 Å². The molecule has 0 aliphatic heterocycles. The summed E-state index contributed by atoms with van der Waals surface area (Å²) in [5, 5.41) is 21.7. The second kappa shape index (κ2) is 5.32. The predicted molar refractivity (Wildman–Crippen MR) is 66.8 cm³/mol. The number of amides is 1. The lowest BCUT2D eigenvalue weighted by molar-refractivity contribution is -0.216. The minimum Gasteiger partial charge on any atom is -0.388 e. The Labute approximate surface area is 112 Å². The molecule has 0 radical (unpaired) electrons. The average Bonchev–Trinajstić information content (AvgIpc) is 2.31. The molecule has 1 rings (SSSR count). The number of hydrogen-bond donors (Lipinski definition) is 3. The van der Waals surface area contributed by atoms with Crippen molar-refractivity contribution >= 4 is 5.91 Å². The van der Waals surface area contributed by atoms with Crippen LogP contribution in [0.1, 0.15) is 46.5 Å². The highest BCUT2D eigenvalue weighted by molar-refractivity contribution is 5.85. The summed E-state index contributed by atoms with van der Waals surface area (Å²) >= 11 is 0. The van der Waals surface area contributed by atoms with Crippen LogP contribution in [0.2, 0.25) is 0 Å². The zero-order valence-electron chi connectivity index (χ0n) is 11.7. The summed E-state index contributed by atoms with van der Waals surface area (Å²) in [4.78, 5) is 11.5. The van der Waals surface area contributed by atoms with Crippen LogP contribution in [0.3, 0.4) is 0 Å². The van der Waals surface area contributed by atoms with Crippen LogP contribution in [0.25, 0.3) is 0 Å². The number of aliphatic hydroxyl groups is 2. The van der Waals surface area contributed by atoms with Crippen molar-refractivity contribution < 1.29 is 23.8 Å². The molecule has 2 atom stereocenters. The van der Waals surface area contributed by atoms with Crippen molar-refractivity contribution in [3.63, 3.8) is 0 Å². The highest BCUT2D eigenvalue weighted by Gasteiger charge is 2.61. The topological polar surface area (TPSA) is 69.6 Å². The Bertz CT molecular complexity index is 341. The maximum Gasteiger partial charge on any atom is 0.352 e. The molecule has 1 saturated carbocycles. The van der Waals surface area contributed by atoms with E-state index >= 15 is 0 Å². The van der Waals surface area contributed by atoms with Crippen LogP contribution >= 0.6 is 0 Å². The lowest BCUT2D eigenvalue weighted by atomic mass is 9.75. The molecular weight excluding hydrogens is 256 g/mol. The summed E-state index contributed by atoms with van der Waals surface area (Å²) < 4.78 is 27.5. The maximum atomic E-state index is 13.8. The molecule has 1 amide bonds. The van der Waals surface area contributed by atoms with Gasteiger partial charge in [0.1, 0.15) is 5.60 Å². The first-order chi connectivity index (χ1) is 8.57. The van der Waals surface area contributed by atoms with Crippen LogP contribution in [-0.2, 0) is 4.79 Å². The molecule has 1 fully saturated rings. The molecule has 0 saturated heterocycles. The van der Waals surface area contributed by atoms with Crippen molar-refractivity contribution in [2.45, 2.75) is 63.6 Å². The fourth-order valence-corrected chi connectivity index (χ4v) is 2.02. The van der Waals surface area contributed by atoms with Crippen molar-refractivity contribution in [2.24, 2.45) is 5.92 Å². The van der Waals surface area contributed by atoms with Crippen molar-refractivity contribution in [3.8, 4) is 0 Å². The van der Waals surface area contributed by atoms with Gasteiger partial charge in [-0.3, -0.25) is 4.79 Å². The first kappa shape index (κ1) is 16.3. The monoisotopic (exact) mass is 279 g/mol. The normalized spacial score (nSPS) is 23.1. The van der Waals surface area contributed by atoms with Gasteiger partial charge in [-0.05, 0) is 32.1 Å². The van der Waals surface area contributed by atoms with Crippen LogP contribution in [0.5, 0.6) is 0 Å². The SMILES string of the molecule is CCC(C)C(C)(O)CNC(=O)C(F)(F)C1(O)CCC1. The molecule has 1 aliphatic carbocycles. The first-order valence-corrected chi connectivity index (χ1v) is 6.67. The summed E-state index contributed by atoms with van der Waals surface area (Å²) in [6, 6.07) is 0. The fraction of sp³-hybridized carbons (Fsp3) is 0.923. The van der Waals surface area contributed by atoms with E-state index in [9.17, 15) is 23.8 Å². The number of hydrogen-bond acceptors (Lipinski definition) is 3. The lowest BCUT2D eigenvalue weighted by Crippen LogP contribution is -2.62. The van der Waals surface area contributed by atoms with Gasteiger partial charge in [0.05, 0.1) is 5.60 Å². The molecule has 0 bridgehead atoms. The molecule has 19 heavy (non-hydrogen) atoms. The summed E-state index contributed by atoms with van der Waals surface area (Å²) in [7, 11) is 0. The smallest absolute Gasteiger partial charge is 0.352 e. The molecule has 4 nitrogen and oxygen atoms in total. The number of alkyl halides is 2. The van der Waals surface area contributed by atoms with Crippen molar-refractivity contribution in [3.05, 3.63) is 0 Å². The third-order valence-electron chi connectivity index (χ3n) is 4.33. The Morgan fingerprint density at radius 1 is 1.47 bits per heavy atom. The Morgan fingerprint density at radius 3 is 2.37 bits per heavy atom. The van der Waals surface area contributed by atoms with Gasteiger partial charge < -0.3 is 15.5 Å². The zero-order chi connectivity index (χ0) is 14.9. The standard InChI is InChI=1S/C13H23F2NO3/c1-4-9(2)11(3,18)8-16-10(17)13(14,15)12(19)6-5-7-12/h9,18-19H,4-8H2,1-3H3,(H,16,17). The zero-order valence-corrected chi connectivity index (χ0v) is 11.7. The number of carbonyl (C=O) groups is 1. The molecule has 3 N–H and O–H groups in total. The third-order valence-corrected chi connectivity index (χ3v) is 4.33. The largest absolute Gasteiger partial charge is 0.388 e. The molecule has 6 heteroatoms. The minimum absolute atomic E-state index is 0.0742. The van der Waals surface area contributed by atoms with E-state index in [0.29, 0.717) is 12.8 Å². The molecule has 0 heterocycles. The predicted octanol–water partition coefficient (Wildman–Crippen LogP) is 1.45. The Balaban J connectivity index is 2.60. The second-order valence-electron chi connectivity index (χ2n) is 5.81. The highest BCUT2D eigenvalue weighted by Crippen LogP contribution is 2.44. The van der Waals surface area contributed by atoms with E-state index in [1.54, 1.807) is 6.92 Å². The van der Waals surface area contributed by atoms with Gasteiger partial charge in [0.25, 0.3) is 5.91 Å². The van der Waals surface area contributed by atoms with Crippen LogP contribution < -0.4 is 5.32 Å². The fourth-order valence-electron chi connectivity index (χ4n) is 2.02. The van der Waals surface area contributed by atoms with E-state index in [1.807, 2.05) is 6.92 Å². The third kappa shape index (κ3) is 3.05. The lowest BCUT2D eigenvalue weighted by Gasteiger charge is -2.41. The van der Waals surface area contributed by atoms with Crippen molar-refractivity contribution in [1.82, 2.24) is 5.32 Å². The van der Waals surface area contributed by atoms with E-state index in [2.05, 4.69) is 5.32 Å². The van der Waals surface area contributed by atoms with E-state index < -0.39 is 23.0 Å². The number of halogens is 2. The summed E-state index contributed by atoms with van der Waals surface area (Å²) in [6.07, 6.45) is 1.01. The van der Waals surface area contributed by atoms with Crippen LogP contribution in [0.4, 0.5) is 8.78 Å². The quantitative estimate of drug-likeness (QED) is 0.689. The van der Waals surface area contributed by atoms with Gasteiger partial charge in [0, 0.05) is 6.54 Å². The number of rotatable bonds is 6. The molecule has 2 unspecified atom stereocenters. The molecule has 112 valence electrons. The molecule has 0 aromatic rings. The molecule has 0 aromatic heterocycles. The van der Waals surface area contributed by atoms with E-state index in [0.717, 1.165) is 0 Å². The van der Waals surface area contributed by atoms with Gasteiger partial charge in [-0.2, -0.15) is 8.78 Å². The second-order valence-corrected chi connectivity index (χ2v) is 5.81. The first-order valence-electron chi connectivity index (χ1n) is 6.67. The Kier molecular flexibility index (Phi) is 4.57. The summed E-state index contributed by atoms with van der Waals surface area (Å²) in [6.45, 7) is 4.89. The van der Waals surface area contributed by atoms with Gasteiger partial charge in [-0.1, -0.05) is 20.3 Å². The highest BCUT2D eigenvalue weighted by atomic mass is 19.3. The van der Waals surface area contributed by atoms with Gasteiger partial charge >= 0.3 is 5.92 Å². The van der Waals surface area contributed by atoms with Gasteiger partial charge in [-0.25, -0.2) is 0 Å². The molecule has 0 aromatic carbocycles. The van der Waals surface area contributed by atoms with Crippen LogP contribution in [0.15, 0.2) is 0 Å². The Morgan fingerprint density at radius 2 is 2.00 bits per heavy atom. The van der Waals surface area contributed by atoms with Gasteiger partial charge in [0.15, 0.2) is 0 Å². The van der Waals surface area contributed by atoms with Crippen LogP contribution in [0, 0.1) is 5.92 Å². The van der Waals surface area contributed by atoms with Crippen LogP contribution in [-0.4, -0.2) is 39.8 Å². The van der Waals surface area contributed by atoms with Crippen molar-refractivity contribution in [1.29, 1.82) is 0 Å². The van der Waals surface area contributed by atoms with Gasteiger partial charge in [0.2, 0.25) is 0 Å². The molecule has 0 spiro atoms. The summed E-state index contributed by atoms with van der Waals surface area (Å²) in [5.41, 5.74) is -3.47. The van der Waals surface area contributed by atoms with Gasteiger partial charge in [-0.15, -0.1) is 0 Å². The van der Waals surface area contributed by atoms with E-state index in [1.165, 1.54) is 6.92 Å². The molecular formula is C13H23F2NO3. The maximum absolute atomic E-state index is 13.8. The number of nitrogens with one attached hydrogen (secondary N) is 1.